The Balaban J connectivity index is 3.58. The van der Waals surface area contributed by atoms with Crippen molar-refractivity contribution in [3.05, 3.63) is 38.9 Å². The summed E-state index contributed by atoms with van der Waals surface area (Å²) < 4.78 is 0. The van der Waals surface area contributed by atoms with Gasteiger partial charge < -0.3 is 0 Å². The molecule has 0 N–H and O–H groups in total. The second kappa shape index (κ2) is 3.99. The van der Waals surface area contributed by atoms with E-state index in [1.54, 1.807) is 12.1 Å². The molecule has 0 radical (unpaired) electrons. The predicted octanol–water partition coefficient (Wildman–Crippen LogP) is 1.15. The maximum atomic E-state index is 10.5. The van der Waals surface area contributed by atoms with Crippen LogP contribution in [0.4, 0.5) is 5.69 Å². The first kappa shape index (κ1) is 10.4. The number of carbonyl (C=O) groups excluding carboxylic acids is 1. The smallest absolute Gasteiger partial charge is 0.281 e. The zero-order chi connectivity index (χ0) is 11.4. The standard InChI is InChI=1S/C9H3N3O3/c10-3-6-1-8(5-13)9(12(14)15)2-7(6)4-11/h1-2,5H. The van der Waals surface area contributed by atoms with Crippen molar-refractivity contribution in [2.45, 2.75) is 0 Å². The van der Waals surface area contributed by atoms with E-state index in [4.69, 9.17) is 10.5 Å². The molecule has 0 aliphatic heterocycles. The zero-order valence-corrected chi connectivity index (χ0v) is 7.30. The van der Waals surface area contributed by atoms with Gasteiger partial charge in [0, 0.05) is 6.07 Å². The van der Waals surface area contributed by atoms with Gasteiger partial charge in [-0.2, -0.15) is 10.5 Å². The average Bonchev–Trinajstić information content (AvgIpc) is 2.26. The highest BCUT2D eigenvalue weighted by molar-refractivity contribution is 5.83. The molecule has 0 unspecified atom stereocenters. The van der Waals surface area contributed by atoms with Crippen molar-refractivity contribution in [3.8, 4) is 12.1 Å². The molecule has 0 saturated heterocycles. The van der Waals surface area contributed by atoms with Crippen LogP contribution in [-0.4, -0.2) is 11.2 Å². The van der Waals surface area contributed by atoms with E-state index in [0.717, 1.165) is 12.1 Å². The van der Waals surface area contributed by atoms with Gasteiger partial charge in [-0.15, -0.1) is 0 Å². The molecule has 1 rings (SSSR count). The summed E-state index contributed by atoms with van der Waals surface area (Å²) in [5, 5.41) is 27.7. The number of nitrogens with zero attached hydrogens (tertiary/aromatic N) is 3. The van der Waals surface area contributed by atoms with Crippen LogP contribution in [0.2, 0.25) is 0 Å². The van der Waals surface area contributed by atoms with Gasteiger partial charge in [0.1, 0.15) is 12.1 Å². The van der Waals surface area contributed by atoms with E-state index in [1.165, 1.54) is 0 Å². The average molecular weight is 201 g/mol. The van der Waals surface area contributed by atoms with Crippen molar-refractivity contribution in [1.82, 2.24) is 0 Å². The first-order valence-electron chi connectivity index (χ1n) is 3.72. The zero-order valence-electron chi connectivity index (χ0n) is 7.30. The first-order chi connectivity index (χ1) is 7.13. The van der Waals surface area contributed by atoms with Crippen LogP contribution in [0.5, 0.6) is 0 Å². The maximum Gasteiger partial charge on any atom is 0.281 e. The number of hydrogen-bond acceptors (Lipinski definition) is 5. The van der Waals surface area contributed by atoms with Gasteiger partial charge in [0.15, 0.2) is 6.29 Å². The van der Waals surface area contributed by atoms with Crippen LogP contribution in [-0.2, 0) is 0 Å². The summed E-state index contributed by atoms with van der Waals surface area (Å²) in [5.74, 6) is 0. The van der Waals surface area contributed by atoms with E-state index in [-0.39, 0.29) is 23.0 Å². The molecule has 0 aliphatic rings. The van der Waals surface area contributed by atoms with E-state index in [0.29, 0.717) is 0 Å². The summed E-state index contributed by atoms with van der Waals surface area (Å²) in [6, 6.07) is 5.28. The summed E-state index contributed by atoms with van der Waals surface area (Å²) in [4.78, 5) is 20.2. The molecule has 72 valence electrons. The summed E-state index contributed by atoms with van der Waals surface area (Å²) >= 11 is 0. The quantitative estimate of drug-likeness (QED) is 0.405. The summed E-state index contributed by atoms with van der Waals surface area (Å²) in [6.45, 7) is 0. The topological polar surface area (TPSA) is 108 Å². The number of aldehydes is 1. The molecule has 0 spiro atoms. The Bertz CT molecular complexity index is 523. The number of hydrogen-bond donors (Lipinski definition) is 0. The molecule has 0 aliphatic carbocycles. The van der Waals surface area contributed by atoms with E-state index in [1.807, 2.05) is 0 Å². The van der Waals surface area contributed by atoms with E-state index in [9.17, 15) is 14.9 Å². The highest BCUT2D eigenvalue weighted by Crippen LogP contribution is 2.21. The normalized spacial score (nSPS) is 8.67. The predicted molar refractivity (Wildman–Crippen MR) is 47.9 cm³/mol. The van der Waals surface area contributed by atoms with Crippen LogP contribution in [0, 0.1) is 32.8 Å². The minimum absolute atomic E-state index is 0.0507. The Kier molecular flexibility index (Phi) is 2.75. The number of rotatable bonds is 2. The van der Waals surface area contributed by atoms with Gasteiger partial charge in [0.25, 0.3) is 5.69 Å². The number of nitriles is 2. The van der Waals surface area contributed by atoms with Gasteiger partial charge in [0.05, 0.1) is 21.6 Å². The lowest BCUT2D eigenvalue weighted by Gasteiger charge is -1.97. The molecule has 15 heavy (non-hydrogen) atoms. The Morgan fingerprint density at radius 1 is 1.27 bits per heavy atom. The third kappa shape index (κ3) is 1.79. The molecule has 6 nitrogen and oxygen atoms in total. The van der Waals surface area contributed by atoms with Crippen LogP contribution in [0.25, 0.3) is 0 Å². The summed E-state index contributed by atoms with van der Waals surface area (Å²) in [5.41, 5.74) is -0.851. The van der Waals surface area contributed by atoms with Crippen LogP contribution < -0.4 is 0 Å². The Labute approximate surface area is 84.1 Å². The molecule has 1 aromatic rings. The molecular formula is C9H3N3O3. The Morgan fingerprint density at radius 3 is 2.20 bits per heavy atom. The van der Waals surface area contributed by atoms with E-state index >= 15 is 0 Å². The molecule has 0 atom stereocenters. The maximum absolute atomic E-state index is 10.5. The minimum atomic E-state index is -0.772. The number of benzene rings is 1. The summed E-state index contributed by atoms with van der Waals surface area (Å²) in [6.07, 6.45) is 0.278. The first-order valence-corrected chi connectivity index (χ1v) is 3.72. The Morgan fingerprint density at radius 2 is 1.80 bits per heavy atom. The number of nitro benzene ring substituents is 1. The highest BCUT2D eigenvalue weighted by atomic mass is 16.6. The van der Waals surface area contributed by atoms with Crippen LogP contribution in [0.3, 0.4) is 0 Å². The van der Waals surface area contributed by atoms with Gasteiger partial charge in [-0.25, -0.2) is 0 Å². The van der Waals surface area contributed by atoms with Crippen molar-refractivity contribution in [2.75, 3.05) is 0 Å². The second-order valence-corrected chi connectivity index (χ2v) is 2.56. The third-order valence-electron chi connectivity index (χ3n) is 1.73. The van der Waals surface area contributed by atoms with Crippen LogP contribution in [0.15, 0.2) is 12.1 Å². The van der Waals surface area contributed by atoms with Gasteiger partial charge >= 0.3 is 0 Å². The molecule has 0 saturated carbocycles. The third-order valence-corrected chi connectivity index (χ3v) is 1.73. The molecule has 6 heteroatoms. The van der Waals surface area contributed by atoms with Crippen molar-refractivity contribution in [3.63, 3.8) is 0 Å². The molecule has 0 fully saturated rings. The molecule has 1 aromatic carbocycles. The second-order valence-electron chi connectivity index (χ2n) is 2.56. The van der Waals surface area contributed by atoms with Crippen molar-refractivity contribution < 1.29 is 9.72 Å². The highest BCUT2D eigenvalue weighted by Gasteiger charge is 2.17. The molecular weight excluding hydrogens is 198 g/mol. The lowest BCUT2D eigenvalue weighted by molar-refractivity contribution is -0.385. The Hall–Kier alpha value is -2.73. The fourth-order valence-electron chi connectivity index (χ4n) is 1.04. The minimum Gasteiger partial charge on any atom is -0.298 e. The van der Waals surface area contributed by atoms with Gasteiger partial charge in [0.2, 0.25) is 0 Å². The van der Waals surface area contributed by atoms with Crippen LogP contribution in [0.1, 0.15) is 21.5 Å². The lowest BCUT2D eigenvalue weighted by Crippen LogP contribution is -1.97. The van der Waals surface area contributed by atoms with Crippen molar-refractivity contribution >= 4 is 12.0 Å². The molecule has 0 bridgehead atoms. The monoisotopic (exact) mass is 201 g/mol. The largest absolute Gasteiger partial charge is 0.298 e. The van der Waals surface area contributed by atoms with Crippen molar-refractivity contribution in [2.24, 2.45) is 0 Å². The fraction of sp³-hybridized carbons (Fsp3) is 0. The summed E-state index contributed by atoms with van der Waals surface area (Å²) in [7, 11) is 0. The molecule has 0 heterocycles. The molecule has 0 aromatic heterocycles. The lowest BCUT2D eigenvalue weighted by atomic mass is 10.0. The molecule has 0 amide bonds. The van der Waals surface area contributed by atoms with Gasteiger partial charge in [-0.05, 0) is 6.07 Å². The van der Waals surface area contributed by atoms with Gasteiger partial charge in [-0.3, -0.25) is 14.9 Å². The number of nitro groups is 1. The van der Waals surface area contributed by atoms with Gasteiger partial charge in [-0.1, -0.05) is 0 Å². The van der Waals surface area contributed by atoms with E-state index < -0.39 is 10.6 Å². The SMILES string of the molecule is N#Cc1cc(C=O)c([N+](=O)[O-])cc1C#N. The fourth-order valence-corrected chi connectivity index (χ4v) is 1.04. The number of carbonyl (C=O) groups is 1. The van der Waals surface area contributed by atoms with Crippen molar-refractivity contribution in [1.29, 1.82) is 10.5 Å². The van der Waals surface area contributed by atoms with Crippen LogP contribution >= 0.6 is 0 Å². The van der Waals surface area contributed by atoms with E-state index in [2.05, 4.69) is 0 Å².